The van der Waals surface area contributed by atoms with Gasteiger partial charge in [0.2, 0.25) is 100 Å². The summed E-state index contributed by atoms with van der Waals surface area (Å²) in [4.78, 5) is 240. The summed E-state index contributed by atoms with van der Waals surface area (Å²) < 4.78 is 0. The van der Waals surface area contributed by atoms with Crippen LogP contribution in [-0.4, -0.2) is 277 Å². The van der Waals surface area contributed by atoms with Gasteiger partial charge >= 0.3 is 0 Å². The quantitative estimate of drug-likeness (QED) is 0.0129. The van der Waals surface area contributed by atoms with E-state index in [-0.39, 0.29) is 133 Å². The predicted octanol–water partition coefficient (Wildman–Crippen LogP) is -4.11. The second-order valence-corrected chi connectivity index (χ2v) is 34.5. The molecule has 0 radical (unpaired) electrons. The van der Waals surface area contributed by atoms with E-state index in [1.54, 1.807) is 60.7 Å². The SMILES string of the molecule is CCCCCCCCCCCCCCCCCC(=O)NCCCN1C(=O)CC(SC[C@H](NC(=O)[C@H](CCCCN)NC(=O)[C@H](CCCN=C(N)N)NC(=O)[C@H](C)NC(=O)[C@H](CO)NC(=O)[C@H](CCCCN)NC(=O)[C@H](CCCN=C(N)N)NC(=O)[C@H](C)NC(=O)CNC(=O)[C@@H](NC(=O)[C@H](Cc2ccccc2)NC(=O)CNC(=O)CNC(=O)[C@@H](N)Cc2ccccc2)[C@@H](C)O)C(N)=O)C1=O. The summed E-state index contributed by atoms with van der Waals surface area (Å²) in [5, 5.41) is 55.1. The molecule has 13 atom stereocenters. The zero-order chi connectivity index (χ0) is 99.3. The number of rotatable bonds is 72. The number of primary amides is 1. The van der Waals surface area contributed by atoms with Crippen LogP contribution in [0.25, 0.3) is 0 Å². The third-order valence-electron chi connectivity index (χ3n) is 21.8. The monoisotopic (exact) mass is 1900 g/mol. The normalized spacial score (nSPS) is 14.9. The first kappa shape index (κ1) is 116. The molecule has 1 saturated heterocycles. The van der Waals surface area contributed by atoms with Gasteiger partial charge in [-0.2, -0.15) is 0 Å². The molecule has 0 saturated carbocycles. The first-order valence-corrected chi connectivity index (χ1v) is 47.6. The number of benzene rings is 2. The minimum atomic E-state index is -1.81. The summed E-state index contributed by atoms with van der Waals surface area (Å²) in [7, 11) is 0. The molecule has 32 N–H and O–H groups in total. The molecule has 17 amide bonds. The molecule has 0 aromatic heterocycles. The van der Waals surface area contributed by atoms with E-state index < -0.39 is 199 Å². The van der Waals surface area contributed by atoms with Gasteiger partial charge in [0.05, 0.1) is 43.6 Å². The minimum Gasteiger partial charge on any atom is -0.394 e. The zero-order valence-corrected chi connectivity index (χ0v) is 78.8. The number of aliphatic hydroxyl groups is 2. The average Bonchev–Trinajstić information content (AvgIpc) is 1.72. The third-order valence-corrected chi connectivity index (χ3v) is 23.1. The number of carbonyl (C=O) groups is 17. The van der Waals surface area contributed by atoms with Crippen LogP contribution >= 0.6 is 11.8 Å². The van der Waals surface area contributed by atoms with Gasteiger partial charge in [-0.1, -0.05) is 157 Å². The Labute approximate surface area is 788 Å². The number of nitrogens with two attached hydrogens (primary N) is 8. The molecule has 1 aliphatic heterocycles. The fourth-order valence-electron chi connectivity index (χ4n) is 14.1. The number of thioether (sulfide) groups is 1. The molecular formula is C89H149N25O19S. The van der Waals surface area contributed by atoms with Crippen LogP contribution < -0.4 is 120 Å². The maximum Gasteiger partial charge on any atom is 0.245 e. The van der Waals surface area contributed by atoms with Gasteiger partial charge in [-0.3, -0.25) is 96.4 Å². The number of nitrogens with one attached hydrogen (secondary N) is 14. The van der Waals surface area contributed by atoms with Crippen molar-refractivity contribution in [3.8, 4) is 0 Å². The maximum absolute atomic E-state index is 14.4. The van der Waals surface area contributed by atoms with Crippen molar-refractivity contribution in [1.82, 2.24) is 79.3 Å². The topological polar surface area (TPSA) is 735 Å². The van der Waals surface area contributed by atoms with Crippen LogP contribution in [0.2, 0.25) is 0 Å². The van der Waals surface area contributed by atoms with E-state index in [1.165, 1.54) is 84.5 Å². The molecule has 134 heavy (non-hydrogen) atoms. The van der Waals surface area contributed by atoms with Crippen LogP contribution in [0, 0.1) is 0 Å². The molecule has 1 heterocycles. The van der Waals surface area contributed by atoms with Crippen LogP contribution in [0.3, 0.4) is 0 Å². The number of unbranched alkanes of at least 4 members (excludes halogenated alkanes) is 16. The average molecular weight is 1910 g/mol. The number of amides is 17. The van der Waals surface area contributed by atoms with Crippen molar-refractivity contribution in [2.45, 2.75) is 298 Å². The van der Waals surface area contributed by atoms with E-state index in [1.807, 2.05) is 0 Å². The molecule has 45 heteroatoms. The molecule has 1 aliphatic rings. The lowest BCUT2D eigenvalue weighted by atomic mass is 10.0. The first-order chi connectivity index (χ1) is 64.0. The Bertz CT molecular complexity index is 4080. The highest BCUT2D eigenvalue weighted by molar-refractivity contribution is 8.00. The summed E-state index contributed by atoms with van der Waals surface area (Å²) in [6.07, 6.45) is 17.8. The van der Waals surface area contributed by atoms with E-state index in [0.29, 0.717) is 31.2 Å². The van der Waals surface area contributed by atoms with E-state index in [9.17, 15) is 91.7 Å². The Morgan fingerprint density at radius 3 is 1.31 bits per heavy atom. The summed E-state index contributed by atoms with van der Waals surface area (Å²) in [5.41, 5.74) is 46.9. The fourth-order valence-corrected chi connectivity index (χ4v) is 15.3. The van der Waals surface area contributed by atoms with Crippen molar-refractivity contribution >= 4 is 124 Å². The zero-order valence-electron chi connectivity index (χ0n) is 78.0. The molecule has 3 rings (SSSR count). The third kappa shape index (κ3) is 49.3. The molecule has 44 nitrogen and oxygen atoms in total. The number of nitrogens with zero attached hydrogens (tertiary/aromatic N) is 3. The van der Waals surface area contributed by atoms with Gasteiger partial charge in [0.15, 0.2) is 11.9 Å². The Morgan fingerprint density at radius 2 is 0.836 bits per heavy atom. The number of hydrogen-bond acceptors (Lipinski definition) is 25. The smallest absolute Gasteiger partial charge is 0.245 e. The van der Waals surface area contributed by atoms with Gasteiger partial charge in [0.1, 0.15) is 60.4 Å². The Balaban J connectivity index is 1.65. The number of likely N-dealkylation sites (tertiary alicyclic amines) is 1. The first-order valence-electron chi connectivity index (χ1n) is 46.5. The van der Waals surface area contributed by atoms with E-state index >= 15 is 0 Å². The van der Waals surface area contributed by atoms with Crippen LogP contribution in [0.5, 0.6) is 0 Å². The van der Waals surface area contributed by atoms with Gasteiger partial charge < -0.3 is 131 Å². The largest absolute Gasteiger partial charge is 0.394 e. The molecule has 0 bridgehead atoms. The van der Waals surface area contributed by atoms with Crippen molar-refractivity contribution in [2.75, 3.05) is 71.3 Å². The standard InChI is InChI=1S/C89H149N25O19S/c1-5-6-7-8-9-10-11-12-13-14-15-16-17-18-25-41-70(117)98-46-32-47-114-74(121)50-69(87(114)133)134-55-68(76(93)122)112-83(129)63(38-27-29-43-91)110-81(127)65(40-31-45-100-89(96)97)108-78(124)57(3)105-85(131)67(54-115)111-82(128)62(37-26-28-42-90)109-80(126)64(39-30-44-99-88(94)95)107-77(123)56(2)104-72(119)53-103-86(132)75(58(4)116)113-84(130)66(49-60-35-23-20-24-36-60)106-73(120)52-101-71(118)51-102-79(125)61(92)48-59-33-21-19-22-34-59/h19-24,33-36,56-58,61-69,75,115-116H,5-18,25-32,37-55,90-92H2,1-4H3,(H2,93,122)(H,98,117)(H,101,118)(H,102,125)(H,103,132)(H,104,119)(H,105,131)(H,106,120)(H,107,123)(H,108,124)(H,109,126)(H,110,127)(H,111,128)(H,112,129)(H,113,130)(H4,94,95,99)(H4,96,97,100)/t56-,57-,58+,61-,62-,63-,64-,65-,66-,67-,68-,69?,75-/m0/s1. The molecule has 0 aliphatic carbocycles. The lowest BCUT2D eigenvalue weighted by Crippen LogP contribution is -2.60. The lowest BCUT2D eigenvalue weighted by Gasteiger charge is -2.27. The molecular weight excluding hydrogens is 1760 g/mol. The molecule has 750 valence electrons. The Hall–Kier alpha value is -11.7. The van der Waals surface area contributed by atoms with E-state index in [0.717, 1.165) is 54.8 Å². The Morgan fingerprint density at radius 1 is 0.425 bits per heavy atom. The highest BCUT2D eigenvalue weighted by Crippen LogP contribution is 2.27. The number of guanidine groups is 2. The van der Waals surface area contributed by atoms with Crippen LogP contribution in [0.4, 0.5) is 0 Å². The van der Waals surface area contributed by atoms with Gasteiger partial charge in [0, 0.05) is 51.2 Å². The van der Waals surface area contributed by atoms with Crippen LogP contribution in [0.15, 0.2) is 70.6 Å². The van der Waals surface area contributed by atoms with Crippen molar-refractivity contribution in [3.63, 3.8) is 0 Å². The van der Waals surface area contributed by atoms with Gasteiger partial charge in [-0.05, 0) is 128 Å². The van der Waals surface area contributed by atoms with Crippen molar-refractivity contribution in [3.05, 3.63) is 71.8 Å². The molecule has 1 unspecified atom stereocenters. The summed E-state index contributed by atoms with van der Waals surface area (Å²) in [5.74, 6) is -15.1. The van der Waals surface area contributed by atoms with E-state index in [4.69, 9.17) is 45.9 Å². The highest BCUT2D eigenvalue weighted by Gasteiger charge is 2.41. The molecule has 1 fully saturated rings. The maximum atomic E-state index is 14.4. The number of hydrogen-bond donors (Lipinski definition) is 24. The lowest BCUT2D eigenvalue weighted by molar-refractivity contribution is -0.138. The van der Waals surface area contributed by atoms with Crippen LogP contribution in [0.1, 0.15) is 219 Å². The molecule has 0 spiro atoms. The second-order valence-electron chi connectivity index (χ2n) is 33.3. The Kier molecular flexibility index (Phi) is 58.7. The number of imide groups is 1. The van der Waals surface area contributed by atoms with Crippen molar-refractivity contribution < 1.29 is 91.7 Å². The summed E-state index contributed by atoms with van der Waals surface area (Å²) in [6.45, 7) is 3.25. The number of carbonyl (C=O) groups excluding carboxylic acids is 17. The highest BCUT2D eigenvalue weighted by atomic mass is 32.2. The molecule has 2 aromatic carbocycles. The van der Waals surface area contributed by atoms with Gasteiger partial charge in [-0.15, -0.1) is 11.8 Å². The number of aliphatic imine (C=N–C) groups is 2. The summed E-state index contributed by atoms with van der Waals surface area (Å²) >= 11 is 0.929. The van der Waals surface area contributed by atoms with E-state index in [2.05, 4.69) is 91.3 Å². The van der Waals surface area contributed by atoms with Gasteiger partial charge in [-0.25, -0.2) is 0 Å². The molecule has 2 aromatic rings. The van der Waals surface area contributed by atoms with Gasteiger partial charge in [0.25, 0.3) is 0 Å². The second kappa shape index (κ2) is 67.5. The summed E-state index contributed by atoms with van der Waals surface area (Å²) in [6, 6.07) is 1.04. The van der Waals surface area contributed by atoms with Crippen molar-refractivity contribution in [2.24, 2.45) is 55.9 Å². The minimum absolute atomic E-state index is 0.0393. The fraction of sp³-hybridized carbons (Fsp3) is 0.652. The van der Waals surface area contributed by atoms with Crippen molar-refractivity contribution in [1.29, 1.82) is 0 Å². The number of aliphatic hydroxyl groups excluding tert-OH is 2. The van der Waals surface area contributed by atoms with Crippen LogP contribution in [-0.2, 0) is 94.3 Å². The predicted molar refractivity (Wildman–Crippen MR) is 506 cm³/mol.